The molecule has 0 aliphatic carbocycles. The molecule has 1 aliphatic rings. The van der Waals surface area contributed by atoms with Crippen molar-refractivity contribution in [2.24, 2.45) is 11.3 Å². The molecule has 0 aromatic carbocycles. The Hall–Kier alpha value is -1.92. The number of aromatic nitrogens is 3. The molecule has 0 bridgehead atoms. The number of rotatable bonds is 4. The van der Waals surface area contributed by atoms with Crippen molar-refractivity contribution in [3.8, 4) is 0 Å². The van der Waals surface area contributed by atoms with Gasteiger partial charge in [0.25, 0.3) is 0 Å². The van der Waals surface area contributed by atoms with Crippen molar-refractivity contribution in [2.45, 2.75) is 40.2 Å². The van der Waals surface area contributed by atoms with Crippen LogP contribution in [0.2, 0.25) is 0 Å². The van der Waals surface area contributed by atoms with Gasteiger partial charge in [-0.05, 0) is 24.2 Å². The van der Waals surface area contributed by atoms with Gasteiger partial charge in [0.05, 0.1) is 6.20 Å². The summed E-state index contributed by atoms with van der Waals surface area (Å²) in [6, 6.07) is 0. The number of piperidine rings is 1. The van der Waals surface area contributed by atoms with Crippen LogP contribution in [0, 0.1) is 11.3 Å². The van der Waals surface area contributed by atoms with Gasteiger partial charge in [0.2, 0.25) is 5.91 Å². The fourth-order valence-corrected chi connectivity index (χ4v) is 2.56. The average molecular weight is 294 g/mol. The van der Waals surface area contributed by atoms with E-state index in [0.29, 0.717) is 11.3 Å². The van der Waals surface area contributed by atoms with Crippen molar-refractivity contribution in [3.63, 3.8) is 0 Å². The second-order valence-electron chi connectivity index (χ2n) is 6.30. The van der Waals surface area contributed by atoms with Gasteiger partial charge in [-0.1, -0.05) is 26.0 Å². The minimum absolute atomic E-state index is 0.0392. The molecule has 0 saturated carbocycles. The van der Waals surface area contributed by atoms with Crippen molar-refractivity contribution in [3.05, 3.63) is 11.9 Å². The van der Waals surface area contributed by atoms with E-state index in [1.807, 2.05) is 4.90 Å². The van der Waals surface area contributed by atoms with E-state index < -0.39 is 5.97 Å². The van der Waals surface area contributed by atoms with Crippen molar-refractivity contribution in [2.75, 3.05) is 13.1 Å². The van der Waals surface area contributed by atoms with Crippen LogP contribution in [-0.4, -0.2) is 50.0 Å². The second kappa shape index (κ2) is 5.83. The SMILES string of the molecule is CC(C)C1(C)CCN(C(=O)Cn2cc(C(=O)O)nn2)CC1. The number of aromatic carboxylic acids is 1. The summed E-state index contributed by atoms with van der Waals surface area (Å²) < 4.78 is 1.28. The lowest BCUT2D eigenvalue weighted by Crippen LogP contribution is -2.45. The highest BCUT2D eigenvalue weighted by Crippen LogP contribution is 2.37. The number of carbonyl (C=O) groups excluding carboxylic acids is 1. The lowest BCUT2D eigenvalue weighted by atomic mass is 9.72. The third-order valence-electron chi connectivity index (χ3n) is 4.71. The highest BCUT2D eigenvalue weighted by Gasteiger charge is 2.34. The lowest BCUT2D eigenvalue weighted by molar-refractivity contribution is -0.134. The molecular weight excluding hydrogens is 272 g/mol. The van der Waals surface area contributed by atoms with Gasteiger partial charge in [0.15, 0.2) is 5.69 Å². The molecular formula is C14H22N4O3. The smallest absolute Gasteiger partial charge is 0.358 e. The lowest BCUT2D eigenvalue weighted by Gasteiger charge is -2.42. The molecule has 1 fully saturated rings. The topological polar surface area (TPSA) is 88.3 Å². The van der Waals surface area contributed by atoms with Crippen molar-refractivity contribution in [1.82, 2.24) is 19.9 Å². The molecule has 1 saturated heterocycles. The van der Waals surface area contributed by atoms with Gasteiger partial charge in [-0.25, -0.2) is 9.48 Å². The molecule has 0 atom stereocenters. The predicted octanol–water partition coefficient (Wildman–Crippen LogP) is 1.26. The molecule has 2 heterocycles. The molecule has 21 heavy (non-hydrogen) atoms. The Balaban J connectivity index is 1.91. The van der Waals surface area contributed by atoms with Crippen molar-refractivity contribution in [1.29, 1.82) is 0 Å². The first-order valence-corrected chi connectivity index (χ1v) is 7.23. The van der Waals surface area contributed by atoms with Crippen LogP contribution in [0.15, 0.2) is 6.20 Å². The molecule has 1 amide bonds. The minimum Gasteiger partial charge on any atom is -0.476 e. The number of carbonyl (C=O) groups is 2. The number of hydrogen-bond acceptors (Lipinski definition) is 4. The summed E-state index contributed by atoms with van der Waals surface area (Å²) in [5.74, 6) is -0.579. The van der Waals surface area contributed by atoms with E-state index in [9.17, 15) is 9.59 Å². The Kier molecular flexibility index (Phi) is 4.29. The molecule has 116 valence electrons. The number of carboxylic acid groups (broad SMARTS) is 1. The third-order valence-corrected chi connectivity index (χ3v) is 4.71. The summed E-state index contributed by atoms with van der Waals surface area (Å²) in [7, 11) is 0. The maximum Gasteiger partial charge on any atom is 0.358 e. The molecule has 7 heteroatoms. The summed E-state index contributed by atoms with van der Waals surface area (Å²) >= 11 is 0. The van der Waals surface area contributed by atoms with Crippen LogP contribution >= 0.6 is 0 Å². The van der Waals surface area contributed by atoms with E-state index >= 15 is 0 Å². The summed E-state index contributed by atoms with van der Waals surface area (Å²) in [4.78, 5) is 24.8. The molecule has 7 nitrogen and oxygen atoms in total. The standard InChI is InChI=1S/C14H22N4O3/c1-10(2)14(3)4-6-17(7-5-14)12(19)9-18-8-11(13(20)21)15-16-18/h8,10H,4-7,9H2,1-3H3,(H,20,21). The molecule has 2 rings (SSSR count). The zero-order valence-electron chi connectivity index (χ0n) is 12.7. The normalized spacial score (nSPS) is 18.0. The maximum atomic E-state index is 12.2. The Morgan fingerprint density at radius 2 is 2.00 bits per heavy atom. The van der Waals surface area contributed by atoms with Crippen LogP contribution < -0.4 is 0 Å². The molecule has 1 N–H and O–H groups in total. The summed E-state index contributed by atoms with van der Waals surface area (Å²) in [5.41, 5.74) is 0.148. The number of nitrogens with zero attached hydrogens (tertiary/aromatic N) is 4. The summed E-state index contributed by atoms with van der Waals surface area (Å²) in [6.45, 7) is 8.25. The Morgan fingerprint density at radius 1 is 1.38 bits per heavy atom. The second-order valence-corrected chi connectivity index (χ2v) is 6.30. The van der Waals surface area contributed by atoms with Gasteiger partial charge < -0.3 is 10.0 Å². The van der Waals surface area contributed by atoms with Gasteiger partial charge in [-0.2, -0.15) is 0 Å². The third kappa shape index (κ3) is 3.40. The fraction of sp³-hybridized carbons (Fsp3) is 0.714. The van der Waals surface area contributed by atoms with Crippen LogP contribution in [0.25, 0.3) is 0 Å². The van der Waals surface area contributed by atoms with Crippen molar-refractivity contribution < 1.29 is 14.7 Å². The Bertz CT molecular complexity index is 530. The van der Waals surface area contributed by atoms with Gasteiger partial charge in [-0.3, -0.25) is 4.79 Å². The van der Waals surface area contributed by atoms with Gasteiger partial charge >= 0.3 is 5.97 Å². The molecule has 0 radical (unpaired) electrons. The van der Waals surface area contributed by atoms with Crippen LogP contribution in [0.1, 0.15) is 44.1 Å². The average Bonchev–Trinajstić information content (AvgIpc) is 2.88. The molecule has 1 aromatic rings. The molecule has 0 spiro atoms. The molecule has 0 unspecified atom stereocenters. The zero-order chi connectivity index (χ0) is 15.6. The highest BCUT2D eigenvalue weighted by molar-refractivity contribution is 5.84. The van der Waals surface area contributed by atoms with E-state index in [1.54, 1.807) is 0 Å². The van der Waals surface area contributed by atoms with E-state index in [-0.39, 0.29) is 18.1 Å². The van der Waals surface area contributed by atoms with Crippen LogP contribution in [0.5, 0.6) is 0 Å². The predicted molar refractivity (Wildman–Crippen MR) is 75.7 cm³/mol. The number of carboxylic acids is 1. The fourth-order valence-electron chi connectivity index (χ4n) is 2.56. The molecule has 1 aliphatic heterocycles. The van der Waals surface area contributed by atoms with E-state index in [2.05, 4.69) is 31.1 Å². The van der Waals surface area contributed by atoms with Crippen LogP contribution in [0.4, 0.5) is 0 Å². The van der Waals surface area contributed by atoms with Crippen molar-refractivity contribution >= 4 is 11.9 Å². The van der Waals surface area contributed by atoms with E-state index in [1.165, 1.54) is 10.9 Å². The van der Waals surface area contributed by atoms with Crippen LogP contribution in [-0.2, 0) is 11.3 Å². The Labute approximate surface area is 123 Å². The van der Waals surface area contributed by atoms with E-state index in [0.717, 1.165) is 25.9 Å². The van der Waals surface area contributed by atoms with Gasteiger partial charge in [0, 0.05) is 13.1 Å². The molecule has 1 aromatic heterocycles. The number of likely N-dealkylation sites (tertiary alicyclic amines) is 1. The highest BCUT2D eigenvalue weighted by atomic mass is 16.4. The largest absolute Gasteiger partial charge is 0.476 e. The first-order chi connectivity index (χ1) is 9.82. The van der Waals surface area contributed by atoms with Gasteiger partial charge in [-0.15, -0.1) is 5.10 Å². The maximum absolute atomic E-state index is 12.2. The van der Waals surface area contributed by atoms with Crippen LogP contribution in [0.3, 0.4) is 0 Å². The summed E-state index contributed by atoms with van der Waals surface area (Å²) in [5, 5.41) is 15.9. The van der Waals surface area contributed by atoms with E-state index in [4.69, 9.17) is 5.11 Å². The number of amides is 1. The Morgan fingerprint density at radius 3 is 2.48 bits per heavy atom. The summed E-state index contributed by atoms with van der Waals surface area (Å²) in [6.07, 6.45) is 3.27. The number of hydrogen-bond donors (Lipinski definition) is 1. The van der Waals surface area contributed by atoms with Gasteiger partial charge in [0.1, 0.15) is 6.54 Å². The minimum atomic E-state index is -1.14. The first-order valence-electron chi connectivity index (χ1n) is 7.23. The zero-order valence-corrected chi connectivity index (χ0v) is 12.7. The monoisotopic (exact) mass is 294 g/mol. The quantitative estimate of drug-likeness (QED) is 0.903. The first kappa shape index (κ1) is 15.5.